The third-order valence-corrected chi connectivity index (χ3v) is 7.52. The summed E-state index contributed by atoms with van der Waals surface area (Å²) in [6.07, 6.45) is 0. The third kappa shape index (κ3) is 4.53. The monoisotopic (exact) mass is 481 g/mol. The molecule has 5 aromatic rings. The van der Waals surface area contributed by atoms with E-state index in [1.807, 2.05) is 103 Å². The summed E-state index contributed by atoms with van der Waals surface area (Å²) in [4.78, 5) is 2.40. The van der Waals surface area contributed by atoms with Gasteiger partial charge in [-0.1, -0.05) is 84.4 Å². The van der Waals surface area contributed by atoms with Gasteiger partial charge in [0.2, 0.25) is 0 Å². The summed E-state index contributed by atoms with van der Waals surface area (Å²) in [5.74, 6) is 0.520. The second-order valence-electron chi connectivity index (χ2n) is 8.60. The summed E-state index contributed by atoms with van der Waals surface area (Å²) >= 11 is 0. The van der Waals surface area contributed by atoms with E-state index in [2.05, 4.69) is 21.8 Å². The number of rotatable bonds is 7. The van der Waals surface area contributed by atoms with E-state index < -0.39 is 10.0 Å². The molecule has 0 aliphatic heterocycles. The van der Waals surface area contributed by atoms with Crippen molar-refractivity contribution < 1.29 is 8.42 Å². The SMILES string of the molecule is Cc1ccc(S(=O)(=O)Nc2c(N(Cc3ccccc3)c3ccccc3)c3ccccc3n2C)cc1. The van der Waals surface area contributed by atoms with Gasteiger partial charge < -0.3 is 9.47 Å². The molecule has 0 fully saturated rings. The molecule has 0 aliphatic carbocycles. The fourth-order valence-corrected chi connectivity index (χ4v) is 5.44. The van der Waals surface area contributed by atoms with Crippen LogP contribution in [0.25, 0.3) is 10.9 Å². The van der Waals surface area contributed by atoms with Crippen LogP contribution in [0.3, 0.4) is 0 Å². The van der Waals surface area contributed by atoms with Crippen LogP contribution in [0.5, 0.6) is 0 Å². The second-order valence-corrected chi connectivity index (χ2v) is 10.3. The molecule has 0 radical (unpaired) electrons. The van der Waals surface area contributed by atoms with Crippen molar-refractivity contribution in [1.82, 2.24) is 4.57 Å². The number of aromatic nitrogens is 1. The van der Waals surface area contributed by atoms with E-state index >= 15 is 0 Å². The van der Waals surface area contributed by atoms with E-state index in [1.54, 1.807) is 12.1 Å². The average Bonchev–Trinajstić information content (AvgIpc) is 3.15. The molecule has 0 atom stereocenters. The van der Waals surface area contributed by atoms with Crippen molar-refractivity contribution in [3.05, 3.63) is 120 Å². The van der Waals surface area contributed by atoms with Crippen LogP contribution in [0, 0.1) is 6.92 Å². The Morgan fingerprint density at radius 2 is 1.37 bits per heavy atom. The van der Waals surface area contributed by atoms with Crippen LogP contribution >= 0.6 is 0 Å². The van der Waals surface area contributed by atoms with Crippen LogP contribution in [-0.2, 0) is 23.6 Å². The minimum atomic E-state index is -3.81. The van der Waals surface area contributed by atoms with Gasteiger partial charge in [-0.25, -0.2) is 8.42 Å². The molecule has 4 aromatic carbocycles. The Hall–Kier alpha value is -4.03. The lowest BCUT2D eigenvalue weighted by Gasteiger charge is -2.26. The van der Waals surface area contributed by atoms with Gasteiger partial charge in [0.25, 0.3) is 10.0 Å². The number of anilines is 3. The molecule has 0 unspecified atom stereocenters. The lowest BCUT2D eigenvalue weighted by atomic mass is 10.1. The van der Waals surface area contributed by atoms with E-state index in [4.69, 9.17) is 0 Å². The van der Waals surface area contributed by atoms with Crippen LogP contribution in [0.2, 0.25) is 0 Å². The number of nitrogens with zero attached hydrogens (tertiary/aromatic N) is 2. The third-order valence-electron chi connectivity index (χ3n) is 6.16. The number of hydrogen-bond donors (Lipinski definition) is 1. The standard InChI is InChI=1S/C29H27N3O2S/c1-22-17-19-25(20-18-22)35(33,34)30-29-28(26-15-9-10-16-27(26)31(29)2)32(24-13-7-4-8-14-24)21-23-11-5-3-6-12-23/h3-20,30H,21H2,1-2H3. The highest BCUT2D eigenvalue weighted by atomic mass is 32.2. The summed E-state index contributed by atoms with van der Waals surface area (Å²) < 4.78 is 31.8. The van der Waals surface area contributed by atoms with Gasteiger partial charge >= 0.3 is 0 Å². The Morgan fingerprint density at radius 1 is 0.771 bits per heavy atom. The van der Waals surface area contributed by atoms with E-state index in [0.717, 1.165) is 33.4 Å². The number of sulfonamides is 1. The van der Waals surface area contributed by atoms with Gasteiger partial charge in [-0.05, 0) is 42.8 Å². The fraction of sp³-hybridized carbons (Fsp3) is 0.103. The highest BCUT2D eigenvalue weighted by Gasteiger charge is 2.26. The number of hydrogen-bond acceptors (Lipinski definition) is 3. The van der Waals surface area contributed by atoms with Gasteiger partial charge in [-0.15, -0.1) is 0 Å². The zero-order valence-electron chi connectivity index (χ0n) is 19.7. The van der Waals surface area contributed by atoms with Crippen molar-refractivity contribution in [2.45, 2.75) is 18.4 Å². The molecule has 0 bridgehead atoms. The molecule has 0 amide bonds. The minimum Gasteiger partial charge on any atom is -0.333 e. The summed E-state index contributed by atoms with van der Waals surface area (Å²) in [5, 5.41) is 0.969. The van der Waals surface area contributed by atoms with E-state index in [1.165, 1.54) is 0 Å². The molecule has 5 rings (SSSR count). The molecule has 1 heterocycles. The van der Waals surface area contributed by atoms with Gasteiger partial charge in [-0.3, -0.25) is 4.72 Å². The first kappa shape index (κ1) is 22.7. The quantitative estimate of drug-likeness (QED) is 0.284. The number of benzene rings is 4. The summed E-state index contributed by atoms with van der Waals surface area (Å²) in [6, 6.07) is 35.1. The predicted molar refractivity (Wildman–Crippen MR) is 144 cm³/mol. The molecule has 1 N–H and O–H groups in total. The van der Waals surface area contributed by atoms with Crippen molar-refractivity contribution in [3.8, 4) is 0 Å². The van der Waals surface area contributed by atoms with E-state index in [-0.39, 0.29) is 4.90 Å². The van der Waals surface area contributed by atoms with E-state index in [9.17, 15) is 8.42 Å². The maximum atomic E-state index is 13.5. The largest absolute Gasteiger partial charge is 0.333 e. The molecule has 176 valence electrons. The molecule has 0 saturated carbocycles. The summed E-state index contributed by atoms with van der Waals surface area (Å²) in [6.45, 7) is 2.52. The second kappa shape index (κ2) is 9.31. The van der Waals surface area contributed by atoms with Gasteiger partial charge in [0, 0.05) is 24.7 Å². The molecule has 0 saturated heterocycles. The van der Waals surface area contributed by atoms with Gasteiger partial charge in [0.15, 0.2) is 0 Å². The van der Waals surface area contributed by atoms with E-state index in [0.29, 0.717) is 12.4 Å². The predicted octanol–water partition coefficient (Wildman–Crippen LogP) is 6.63. The lowest BCUT2D eigenvalue weighted by Crippen LogP contribution is -2.21. The van der Waals surface area contributed by atoms with Crippen LogP contribution in [0.1, 0.15) is 11.1 Å². The minimum absolute atomic E-state index is 0.230. The summed E-state index contributed by atoms with van der Waals surface area (Å²) in [5.41, 5.74) is 4.86. The van der Waals surface area contributed by atoms with Gasteiger partial charge in [0.1, 0.15) is 5.82 Å². The van der Waals surface area contributed by atoms with Crippen LogP contribution in [0.4, 0.5) is 17.2 Å². The van der Waals surface area contributed by atoms with Gasteiger partial charge in [0.05, 0.1) is 16.1 Å². The smallest absolute Gasteiger partial charge is 0.263 e. The number of aryl methyl sites for hydroxylation is 2. The number of nitrogens with one attached hydrogen (secondary N) is 1. The van der Waals surface area contributed by atoms with Crippen molar-refractivity contribution in [2.75, 3.05) is 9.62 Å². The highest BCUT2D eigenvalue weighted by molar-refractivity contribution is 7.92. The molecular formula is C29H27N3O2S. The van der Waals surface area contributed by atoms with Crippen LogP contribution in [-0.4, -0.2) is 13.0 Å². The Balaban J connectivity index is 1.71. The Bertz CT molecular complexity index is 1560. The maximum Gasteiger partial charge on any atom is 0.263 e. The van der Waals surface area contributed by atoms with Crippen molar-refractivity contribution in [1.29, 1.82) is 0 Å². The zero-order valence-corrected chi connectivity index (χ0v) is 20.5. The first-order valence-electron chi connectivity index (χ1n) is 11.5. The first-order chi connectivity index (χ1) is 16.9. The maximum absolute atomic E-state index is 13.5. The summed E-state index contributed by atoms with van der Waals surface area (Å²) in [7, 11) is -1.92. The highest BCUT2D eigenvalue weighted by Crippen LogP contribution is 2.42. The fourth-order valence-electron chi connectivity index (χ4n) is 4.34. The molecular weight excluding hydrogens is 454 g/mol. The Kier molecular flexibility index (Phi) is 6.05. The zero-order chi connectivity index (χ0) is 24.4. The molecule has 1 aromatic heterocycles. The van der Waals surface area contributed by atoms with Crippen molar-refractivity contribution >= 4 is 38.1 Å². The number of para-hydroxylation sites is 2. The normalized spacial score (nSPS) is 11.5. The van der Waals surface area contributed by atoms with Crippen molar-refractivity contribution in [3.63, 3.8) is 0 Å². The Labute approximate surface area is 206 Å². The molecule has 35 heavy (non-hydrogen) atoms. The van der Waals surface area contributed by atoms with Crippen LogP contribution in [0.15, 0.2) is 114 Å². The molecule has 5 nitrogen and oxygen atoms in total. The topological polar surface area (TPSA) is 54.3 Å². The van der Waals surface area contributed by atoms with Crippen molar-refractivity contribution in [2.24, 2.45) is 7.05 Å². The molecule has 0 aliphatic rings. The van der Waals surface area contributed by atoms with Crippen LogP contribution < -0.4 is 9.62 Å². The lowest BCUT2D eigenvalue weighted by molar-refractivity contribution is 0.600. The Morgan fingerprint density at radius 3 is 2.06 bits per heavy atom. The molecule has 0 spiro atoms. The average molecular weight is 482 g/mol. The number of fused-ring (bicyclic) bond motifs is 1. The van der Waals surface area contributed by atoms with Gasteiger partial charge in [-0.2, -0.15) is 0 Å². The molecule has 6 heteroatoms. The first-order valence-corrected chi connectivity index (χ1v) is 13.0.